The van der Waals surface area contributed by atoms with Gasteiger partial charge in [0.2, 0.25) is 0 Å². The van der Waals surface area contributed by atoms with Crippen molar-refractivity contribution in [3.05, 3.63) is 0 Å². The molecule has 0 aliphatic carbocycles. The van der Waals surface area contributed by atoms with Crippen LogP contribution in [0.1, 0.15) is 39.5 Å². The minimum Gasteiger partial charge on any atom is -0.334 e. The Kier molecular flexibility index (Phi) is 9.71. The van der Waals surface area contributed by atoms with Crippen LogP contribution in [0.15, 0.2) is 0 Å². The summed E-state index contributed by atoms with van der Waals surface area (Å²) in [5.41, 5.74) is 0. The summed E-state index contributed by atoms with van der Waals surface area (Å²) in [6.45, 7) is 8.06. The normalized spacial score (nSPS) is 11.0. The molecule has 0 saturated carbocycles. The first-order valence-corrected chi connectivity index (χ1v) is 6.43. The highest BCUT2D eigenvalue weighted by atomic mass is 31.2. The van der Waals surface area contributed by atoms with E-state index in [1.165, 1.54) is 12.8 Å². The van der Waals surface area contributed by atoms with E-state index >= 15 is 0 Å². The van der Waals surface area contributed by atoms with Crippen molar-refractivity contribution < 1.29 is 9.05 Å². The van der Waals surface area contributed by atoms with Gasteiger partial charge < -0.3 is 9.05 Å². The van der Waals surface area contributed by atoms with Crippen LogP contribution in [-0.4, -0.2) is 19.9 Å². The third-order valence-electron chi connectivity index (χ3n) is 1.54. The van der Waals surface area contributed by atoms with Crippen molar-refractivity contribution in [3.63, 3.8) is 0 Å². The maximum absolute atomic E-state index is 5.47. The Morgan fingerprint density at radius 3 is 1.67 bits per heavy atom. The molecule has 0 amide bonds. The first kappa shape index (κ1) is 12.3. The second-order valence-electron chi connectivity index (χ2n) is 2.81. The largest absolute Gasteiger partial charge is 0.334 e. The lowest BCUT2D eigenvalue weighted by Crippen LogP contribution is -1.93. The van der Waals surface area contributed by atoms with Gasteiger partial charge in [0.05, 0.1) is 13.2 Å². The van der Waals surface area contributed by atoms with Crippen molar-refractivity contribution in [1.82, 2.24) is 0 Å². The lowest BCUT2D eigenvalue weighted by atomic mass is 10.4. The molecule has 0 fully saturated rings. The third-order valence-corrected chi connectivity index (χ3v) is 2.63. The second-order valence-corrected chi connectivity index (χ2v) is 4.21. The molecule has 12 heavy (non-hydrogen) atoms. The Labute approximate surface area is 77.6 Å². The van der Waals surface area contributed by atoms with Gasteiger partial charge in [-0.1, -0.05) is 26.7 Å². The first-order valence-electron chi connectivity index (χ1n) is 4.80. The highest BCUT2D eigenvalue weighted by molar-refractivity contribution is 7.46. The van der Waals surface area contributed by atoms with Crippen molar-refractivity contribution in [2.45, 2.75) is 39.5 Å². The SMILES string of the molecule is CCCCOP(C)OCCCC. The van der Waals surface area contributed by atoms with E-state index < -0.39 is 8.38 Å². The van der Waals surface area contributed by atoms with E-state index in [0.29, 0.717) is 0 Å². The van der Waals surface area contributed by atoms with E-state index in [2.05, 4.69) is 13.8 Å². The maximum atomic E-state index is 5.47. The Bertz CT molecular complexity index is 78.6. The fourth-order valence-electron chi connectivity index (χ4n) is 0.712. The lowest BCUT2D eigenvalue weighted by molar-refractivity contribution is 0.247. The molecular weight excluding hydrogens is 171 g/mol. The zero-order valence-electron chi connectivity index (χ0n) is 8.51. The van der Waals surface area contributed by atoms with Crippen LogP contribution in [0.5, 0.6) is 0 Å². The molecule has 0 atom stereocenters. The molecule has 0 aliphatic heterocycles. The monoisotopic (exact) mass is 192 g/mol. The lowest BCUT2D eigenvalue weighted by Gasteiger charge is -2.11. The molecule has 2 nitrogen and oxygen atoms in total. The first-order chi connectivity index (χ1) is 5.81. The summed E-state index contributed by atoms with van der Waals surface area (Å²) in [4.78, 5) is 0. The van der Waals surface area contributed by atoms with Crippen molar-refractivity contribution >= 4 is 8.38 Å². The van der Waals surface area contributed by atoms with Gasteiger partial charge in [0.1, 0.15) is 0 Å². The van der Waals surface area contributed by atoms with Crippen LogP contribution in [0.4, 0.5) is 0 Å². The summed E-state index contributed by atoms with van der Waals surface area (Å²) < 4.78 is 10.9. The molecule has 0 rings (SSSR count). The summed E-state index contributed by atoms with van der Waals surface area (Å²) >= 11 is 0. The van der Waals surface area contributed by atoms with Crippen LogP contribution in [0, 0.1) is 0 Å². The van der Waals surface area contributed by atoms with E-state index in [1.54, 1.807) is 0 Å². The molecule has 0 unspecified atom stereocenters. The molecule has 0 saturated heterocycles. The van der Waals surface area contributed by atoms with Gasteiger partial charge in [-0.25, -0.2) is 0 Å². The van der Waals surface area contributed by atoms with Crippen molar-refractivity contribution in [2.24, 2.45) is 0 Å². The molecule has 0 bridgehead atoms. The van der Waals surface area contributed by atoms with Crippen LogP contribution in [0.3, 0.4) is 0 Å². The molecule has 0 aromatic rings. The molecule has 0 N–H and O–H groups in total. The Morgan fingerprint density at radius 2 is 1.33 bits per heavy atom. The van der Waals surface area contributed by atoms with Gasteiger partial charge in [0.15, 0.2) is 8.38 Å². The predicted molar refractivity (Wildman–Crippen MR) is 54.6 cm³/mol. The van der Waals surface area contributed by atoms with Crippen LogP contribution in [0.25, 0.3) is 0 Å². The fourth-order valence-corrected chi connectivity index (χ4v) is 1.56. The molecule has 0 radical (unpaired) electrons. The molecule has 0 spiro atoms. The van der Waals surface area contributed by atoms with E-state index in [0.717, 1.165) is 26.1 Å². The zero-order valence-corrected chi connectivity index (χ0v) is 9.40. The van der Waals surface area contributed by atoms with Gasteiger partial charge >= 0.3 is 0 Å². The van der Waals surface area contributed by atoms with E-state index in [4.69, 9.17) is 9.05 Å². The average molecular weight is 192 g/mol. The quantitative estimate of drug-likeness (QED) is 0.432. The fraction of sp³-hybridized carbons (Fsp3) is 1.00. The number of hydrogen-bond acceptors (Lipinski definition) is 2. The number of unbranched alkanes of at least 4 members (excludes halogenated alkanes) is 2. The molecular formula is C9H21O2P. The van der Waals surface area contributed by atoms with Gasteiger partial charge in [-0.05, 0) is 12.8 Å². The van der Waals surface area contributed by atoms with Crippen molar-refractivity contribution in [3.8, 4) is 0 Å². The summed E-state index contributed by atoms with van der Waals surface area (Å²) in [5.74, 6) is 0. The van der Waals surface area contributed by atoms with Crippen molar-refractivity contribution in [1.29, 1.82) is 0 Å². The summed E-state index contributed by atoms with van der Waals surface area (Å²) in [6.07, 6.45) is 4.67. The van der Waals surface area contributed by atoms with Crippen LogP contribution in [0.2, 0.25) is 0 Å². The van der Waals surface area contributed by atoms with Gasteiger partial charge in [0, 0.05) is 6.66 Å². The highest BCUT2D eigenvalue weighted by Crippen LogP contribution is 2.33. The molecule has 0 aromatic carbocycles. The average Bonchev–Trinajstić information content (AvgIpc) is 2.06. The molecule has 0 aliphatic rings. The van der Waals surface area contributed by atoms with E-state index in [1.807, 2.05) is 6.66 Å². The zero-order chi connectivity index (χ0) is 9.23. The van der Waals surface area contributed by atoms with Crippen LogP contribution >= 0.6 is 8.38 Å². The molecule has 74 valence electrons. The van der Waals surface area contributed by atoms with Gasteiger partial charge in [0.25, 0.3) is 0 Å². The topological polar surface area (TPSA) is 18.5 Å². The van der Waals surface area contributed by atoms with E-state index in [9.17, 15) is 0 Å². The van der Waals surface area contributed by atoms with Gasteiger partial charge in [-0.3, -0.25) is 0 Å². The summed E-state index contributed by atoms with van der Waals surface area (Å²) in [5, 5.41) is 0. The molecule has 3 heteroatoms. The van der Waals surface area contributed by atoms with Crippen LogP contribution < -0.4 is 0 Å². The summed E-state index contributed by atoms with van der Waals surface area (Å²) in [7, 11) is -0.604. The molecule has 0 heterocycles. The van der Waals surface area contributed by atoms with Gasteiger partial charge in [-0.15, -0.1) is 0 Å². The Hall–Kier alpha value is 0.350. The Morgan fingerprint density at radius 1 is 0.917 bits per heavy atom. The Balaban J connectivity index is 3.04. The number of rotatable bonds is 8. The predicted octanol–water partition coefficient (Wildman–Crippen LogP) is 3.56. The van der Waals surface area contributed by atoms with E-state index in [-0.39, 0.29) is 0 Å². The maximum Gasteiger partial charge on any atom is 0.167 e. The third kappa shape index (κ3) is 8.45. The minimum absolute atomic E-state index is 0.604. The second kappa shape index (κ2) is 9.44. The molecule has 0 aromatic heterocycles. The van der Waals surface area contributed by atoms with Crippen molar-refractivity contribution in [2.75, 3.05) is 19.9 Å². The highest BCUT2D eigenvalue weighted by Gasteiger charge is 2.00. The number of hydrogen-bond donors (Lipinski definition) is 0. The summed E-state index contributed by atoms with van der Waals surface area (Å²) in [6, 6.07) is 0. The van der Waals surface area contributed by atoms with Crippen LogP contribution in [-0.2, 0) is 9.05 Å². The minimum atomic E-state index is -0.604. The van der Waals surface area contributed by atoms with Gasteiger partial charge in [-0.2, -0.15) is 0 Å². The standard InChI is InChI=1S/C9H21O2P/c1-4-6-8-10-12(3)11-9-7-5-2/h4-9H2,1-3H3. The smallest absolute Gasteiger partial charge is 0.167 e.